The number of nitrogens with zero attached hydrogens (tertiary/aromatic N) is 1. The van der Waals surface area contributed by atoms with Gasteiger partial charge in [0.1, 0.15) is 0 Å². The minimum absolute atomic E-state index is 0.0733. The second kappa shape index (κ2) is 5.94. The molecule has 0 aliphatic carbocycles. The van der Waals surface area contributed by atoms with Crippen molar-refractivity contribution in [3.63, 3.8) is 0 Å². The second-order valence-corrected chi connectivity index (χ2v) is 6.07. The van der Waals surface area contributed by atoms with Crippen LogP contribution in [0.15, 0.2) is 24.3 Å². The Bertz CT molecular complexity index is 480. The molecule has 1 aliphatic heterocycles. The van der Waals surface area contributed by atoms with E-state index in [2.05, 4.69) is 17.4 Å². The van der Waals surface area contributed by atoms with E-state index in [1.54, 1.807) is 18.7 Å². The molecule has 1 aromatic rings. The van der Waals surface area contributed by atoms with Crippen LogP contribution in [0.5, 0.6) is 0 Å². The van der Waals surface area contributed by atoms with Crippen LogP contribution in [0.4, 0.5) is 0 Å². The van der Waals surface area contributed by atoms with E-state index in [4.69, 9.17) is 0 Å². The molecule has 0 spiro atoms. The van der Waals surface area contributed by atoms with E-state index in [9.17, 15) is 9.90 Å². The Morgan fingerprint density at radius 1 is 1.40 bits per heavy atom. The Kier molecular flexibility index (Phi) is 4.45. The van der Waals surface area contributed by atoms with Crippen molar-refractivity contribution in [2.75, 3.05) is 13.1 Å². The van der Waals surface area contributed by atoms with Crippen LogP contribution >= 0.6 is 0 Å². The highest BCUT2D eigenvalue weighted by Crippen LogP contribution is 2.18. The zero-order valence-corrected chi connectivity index (χ0v) is 12.5. The molecule has 4 nitrogen and oxygen atoms in total. The van der Waals surface area contributed by atoms with E-state index in [0.717, 1.165) is 13.0 Å². The molecule has 0 aromatic heterocycles. The van der Waals surface area contributed by atoms with Crippen LogP contribution in [-0.2, 0) is 17.8 Å². The van der Waals surface area contributed by atoms with Gasteiger partial charge in [-0.2, -0.15) is 0 Å². The smallest absolute Gasteiger partial charge is 0.240 e. The van der Waals surface area contributed by atoms with Gasteiger partial charge in [-0.05, 0) is 38.3 Å². The molecule has 1 unspecified atom stereocenters. The topological polar surface area (TPSA) is 52.6 Å². The molecule has 20 heavy (non-hydrogen) atoms. The first-order chi connectivity index (χ1) is 9.40. The molecule has 1 atom stereocenters. The molecule has 0 saturated heterocycles. The molecule has 0 bridgehead atoms. The monoisotopic (exact) mass is 276 g/mol. The molecule has 2 rings (SSSR count). The number of nitrogens with one attached hydrogen (secondary N) is 1. The Morgan fingerprint density at radius 2 is 2.05 bits per heavy atom. The van der Waals surface area contributed by atoms with Gasteiger partial charge in [0.2, 0.25) is 5.91 Å². The van der Waals surface area contributed by atoms with E-state index >= 15 is 0 Å². The maximum Gasteiger partial charge on any atom is 0.240 e. The fraction of sp³-hybridized carbons (Fsp3) is 0.562. The molecular formula is C16H24N2O2. The van der Waals surface area contributed by atoms with Gasteiger partial charge in [0, 0.05) is 19.6 Å². The van der Waals surface area contributed by atoms with Gasteiger partial charge in [-0.25, -0.2) is 0 Å². The van der Waals surface area contributed by atoms with Crippen molar-refractivity contribution in [1.29, 1.82) is 0 Å². The summed E-state index contributed by atoms with van der Waals surface area (Å²) >= 11 is 0. The minimum atomic E-state index is -0.863. The third-order valence-electron chi connectivity index (χ3n) is 3.65. The summed E-state index contributed by atoms with van der Waals surface area (Å²) in [6, 6.07) is 8.03. The molecule has 110 valence electrons. The van der Waals surface area contributed by atoms with Crippen molar-refractivity contribution in [2.45, 2.75) is 45.4 Å². The SMILES string of the molecule is CCN(CC(C)(C)O)C(=O)C1Cc2ccccc2CN1. The average molecular weight is 276 g/mol. The van der Waals surface area contributed by atoms with Gasteiger partial charge in [-0.1, -0.05) is 24.3 Å². The maximum atomic E-state index is 12.6. The number of carbonyl (C=O) groups is 1. The molecule has 1 heterocycles. The number of hydrogen-bond donors (Lipinski definition) is 2. The molecule has 0 saturated carbocycles. The standard InChI is InChI=1S/C16H24N2O2/c1-4-18(11-16(2,3)20)15(19)14-9-12-7-5-6-8-13(12)10-17-14/h5-8,14,17,20H,4,9-11H2,1-3H3. The molecule has 1 aromatic carbocycles. The summed E-state index contributed by atoms with van der Waals surface area (Å²) in [5, 5.41) is 13.2. The lowest BCUT2D eigenvalue weighted by molar-refractivity contribution is -0.136. The predicted octanol–water partition coefficient (Wildman–Crippen LogP) is 1.32. The summed E-state index contributed by atoms with van der Waals surface area (Å²) in [5.74, 6) is 0.0733. The third-order valence-corrected chi connectivity index (χ3v) is 3.65. The van der Waals surface area contributed by atoms with Crippen LogP contribution in [-0.4, -0.2) is 40.6 Å². The largest absolute Gasteiger partial charge is 0.389 e. The van der Waals surface area contributed by atoms with Crippen LogP contribution in [0, 0.1) is 0 Å². The van der Waals surface area contributed by atoms with Crippen LogP contribution in [0.25, 0.3) is 0 Å². The Balaban J connectivity index is 2.07. The van der Waals surface area contributed by atoms with E-state index in [0.29, 0.717) is 13.1 Å². The lowest BCUT2D eigenvalue weighted by atomic mass is 9.95. The third kappa shape index (κ3) is 3.58. The van der Waals surface area contributed by atoms with Gasteiger partial charge in [0.15, 0.2) is 0 Å². The highest BCUT2D eigenvalue weighted by atomic mass is 16.3. The summed E-state index contributed by atoms with van der Waals surface area (Å²) in [7, 11) is 0. The summed E-state index contributed by atoms with van der Waals surface area (Å²) in [6.45, 7) is 7.11. The molecule has 0 fully saturated rings. The Hall–Kier alpha value is -1.39. The van der Waals surface area contributed by atoms with Crippen molar-refractivity contribution in [1.82, 2.24) is 10.2 Å². The normalized spacial score (nSPS) is 18.5. The highest BCUT2D eigenvalue weighted by Gasteiger charge is 2.29. The number of rotatable bonds is 4. The molecule has 2 N–H and O–H groups in total. The number of hydrogen-bond acceptors (Lipinski definition) is 3. The number of amides is 1. The van der Waals surface area contributed by atoms with Gasteiger partial charge in [-0.15, -0.1) is 0 Å². The summed E-state index contributed by atoms with van der Waals surface area (Å²) in [6.07, 6.45) is 0.720. The molecule has 4 heteroatoms. The first-order valence-corrected chi connectivity index (χ1v) is 7.22. The van der Waals surface area contributed by atoms with Crippen molar-refractivity contribution in [3.05, 3.63) is 35.4 Å². The van der Waals surface area contributed by atoms with Crippen molar-refractivity contribution in [2.24, 2.45) is 0 Å². The van der Waals surface area contributed by atoms with Crippen LogP contribution in [0.1, 0.15) is 31.9 Å². The zero-order valence-electron chi connectivity index (χ0n) is 12.5. The van der Waals surface area contributed by atoms with Gasteiger partial charge in [-0.3, -0.25) is 4.79 Å². The van der Waals surface area contributed by atoms with E-state index < -0.39 is 5.60 Å². The highest BCUT2D eigenvalue weighted by molar-refractivity contribution is 5.82. The summed E-state index contributed by atoms with van der Waals surface area (Å²) in [4.78, 5) is 14.3. The van der Waals surface area contributed by atoms with Crippen LogP contribution < -0.4 is 5.32 Å². The lowest BCUT2D eigenvalue weighted by Crippen LogP contribution is -2.52. The number of fused-ring (bicyclic) bond motifs is 1. The predicted molar refractivity (Wildman–Crippen MR) is 79.3 cm³/mol. The van der Waals surface area contributed by atoms with Gasteiger partial charge in [0.25, 0.3) is 0 Å². The number of benzene rings is 1. The average Bonchev–Trinajstić information content (AvgIpc) is 2.42. The first kappa shape index (κ1) is 15.0. The fourth-order valence-electron chi connectivity index (χ4n) is 2.66. The number of aliphatic hydroxyl groups is 1. The van der Waals surface area contributed by atoms with Crippen LogP contribution in [0.2, 0.25) is 0 Å². The quantitative estimate of drug-likeness (QED) is 0.872. The fourth-order valence-corrected chi connectivity index (χ4v) is 2.66. The lowest BCUT2D eigenvalue weighted by Gasteiger charge is -2.33. The van der Waals surface area contributed by atoms with Gasteiger partial charge in [0.05, 0.1) is 11.6 Å². The minimum Gasteiger partial charge on any atom is -0.389 e. The molecule has 1 aliphatic rings. The van der Waals surface area contributed by atoms with Gasteiger partial charge >= 0.3 is 0 Å². The van der Waals surface area contributed by atoms with Crippen molar-refractivity contribution >= 4 is 5.91 Å². The molecular weight excluding hydrogens is 252 g/mol. The molecule has 0 radical (unpaired) electrons. The van der Waals surface area contributed by atoms with E-state index in [1.807, 2.05) is 19.1 Å². The van der Waals surface area contributed by atoms with Gasteiger partial charge < -0.3 is 15.3 Å². The number of likely N-dealkylation sites (N-methyl/N-ethyl adjacent to an activating group) is 1. The summed E-state index contributed by atoms with van der Waals surface area (Å²) < 4.78 is 0. The van der Waals surface area contributed by atoms with E-state index in [-0.39, 0.29) is 11.9 Å². The van der Waals surface area contributed by atoms with Crippen molar-refractivity contribution in [3.8, 4) is 0 Å². The van der Waals surface area contributed by atoms with E-state index in [1.165, 1.54) is 11.1 Å². The summed E-state index contributed by atoms with van der Waals surface area (Å²) in [5.41, 5.74) is 1.64. The van der Waals surface area contributed by atoms with Crippen LogP contribution in [0.3, 0.4) is 0 Å². The van der Waals surface area contributed by atoms with Crippen molar-refractivity contribution < 1.29 is 9.90 Å². The molecule has 1 amide bonds. The first-order valence-electron chi connectivity index (χ1n) is 7.22. The Labute approximate surface area is 120 Å². The Morgan fingerprint density at radius 3 is 2.65 bits per heavy atom. The zero-order chi connectivity index (χ0) is 14.8. The second-order valence-electron chi connectivity index (χ2n) is 6.07. The maximum absolute atomic E-state index is 12.6. The number of carbonyl (C=O) groups excluding carboxylic acids is 1.